The predicted octanol–water partition coefficient (Wildman–Crippen LogP) is 0.964. The number of hydrogen-bond donors (Lipinski definition) is 1. The summed E-state index contributed by atoms with van der Waals surface area (Å²) >= 11 is 0. The maximum Gasteiger partial charge on any atom is 0.264 e. The van der Waals surface area contributed by atoms with Gasteiger partial charge in [0.05, 0.1) is 11.5 Å². The highest BCUT2D eigenvalue weighted by molar-refractivity contribution is 7.90. The van der Waals surface area contributed by atoms with Gasteiger partial charge in [0.15, 0.2) is 0 Å². The van der Waals surface area contributed by atoms with E-state index >= 15 is 0 Å². The Hall–Kier alpha value is -2.35. The molecule has 8 heteroatoms. The zero-order valence-electron chi connectivity index (χ0n) is 13.1. The van der Waals surface area contributed by atoms with Gasteiger partial charge in [0, 0.05) is 37.2 Å². The predicted molar refractivity (Wildman–Crippen MR) is 85.0 cm³/mol. The van der Waals surface area contributed by atoms with Crippen molar-refractivity contribution < 1.29 is 17.9 Å². The van der Waals surface area contributed by atoms with Crippen LogP contribution in [0.4, 0.5) is 0 Å². The van der Waals surface area contributed by atoms with Crippen LogP contribution >= 0.6 is 0 Å². The molecule has 1 aromatic carbocycles. The second-order valence-electron chi connectivity index (χ2n) is 6.17. The topological polar surface area (TPSA) is 90.3 Å². The molecule has 24 heavy (non-hydrogen) atoms. The number of amides is 1. The summed E-state index contributed by atoms with van der Waals surface area (Å²) in [4.78, 5) is 12.4. The highest BCUT2D eigenvalue weighted by Gasteiger charge is 2.46. The Morgan fingerprint density at radius 2 is 2.21 bits per heavy atom. The number of hydrogen-bond acceptors (Lipinski definition) is 5. The molecule has 4 rings (SSSR count). The molecule has 0 radical (unpaired) electrons. The standard InChI is InChI=1S/C16H17N3O4S/c1-19-14(4-6-17-19)12-9-13(12)16(20)18-24(21,22)11-2-3-15-10(8-11)5-7-23-15/h2-4,6,8,12-13H,5,7,9H2,1H3,(H,18,20)/t12-,13-/m1/s1. The number of nitrogens with zero attached hydrogens (tertiary/aromatic N) is 2. The molecule has 0 saturated heterocycles. The van der Waals surface area contributed by atoms with Gasteiger partial charge in [-0.3, -0.25) is 9.48 Å². The fourth-order valence-corrected chi connectivity index (χ4v) is 4.24. The summed E-state index contributed by atoms with van der Waals surface area (Å²) < 4.78 is 34.2. The van der Waals surface area contributed by atoms with Crippen molar-refractivity contribution in [1.29, 1.82) is 0 Å². The van der Waals surface area contributed by atoms with E-state index in [0.29, 0.717) is 25.2 Å². The van der Waals surface area contributed by atoms with Gasteiger partial charge < -0.3 is 4.74 Å². The number of ether oxygens (including phenoxy) is 1. The molecular weight excluding hydrogens is 330 g/mol. The Morgan fingerprint density at radius 1 is 1.38 bits per heavy atom. The van der Waals surface area contributed by atoms with Gasteiger partial charge in [-0.2, -0.15) is 5.10 Å². The van der Waals surface area contributed by atoms with Gasteiger partial charge in [-0.05, 0) is 36.2 Å². The molecule has 126 valence electrons. The van der Waals surface area contributed by atoms with Crippen LogP contribution in [0.3, 0.4) is 0 Å². The summed E-state index contributed by atoms with van der Waals surface area (Å²) in [5, 5.41) is 4.08. The Bertz CT molecular complexity index is 919. The molecule has 1 N–H and O–H groups in total. The van der Waals surface area contributed by atoms with Crippen LogP contribution in [-0.2, 0) is 28.3 Å². The van der Waals surface area contributed by atoms with E-state index in [9.17, 15) is 13.2 Å². The smallest absolute Gasteiger partial charge is 0.264 e. The maximum atomic E-state index is 12.4. The van der Waals surface area contributed by atoms with Crippen molar-refractivity contribution in [1.82, 2.24) is 14.5 Å². The largest absolute Gasteiger partial charge is 0.493 e. The van der Waals surface area contributed by atoms with Crippen molar-refractivity contribution in [3.8, 4) is 5.75 Å². The minimum absolute atomic E-state index is 0.0288. The van der Waals surface area contributed by atoms with Gasteiger partial charge in [0.25, 0.3) is 10.0 Å². The van der Waals surface area contributed by atoms with Crippen molar-refractivity contribution in [3.63, 3.8) is 0 Å². The lowest BCUT2D eigenvalue weighted by Gasteiger charge is -2.08. The van der Waals surface area contributed by atoms with Crippen molar-refractivity contribution in [2.75, 3.05) is 6.61 Å². The molecule has 2 heterocycles. The van der Waals surface area contributed by atoms with Crippen LogP contribution in [-0.4, -0.2) is 30.7 Å². The average Bonchev–Trinajstić information content (AvgIpc) is 2.98. The van der Waals surface area contributed by atoms with Gasteiger partial charge in [0.2, 0.25) is 5.91 Å². The molecule has 1 saturated carbocycles. The molecule has 1 amide bonds. The normalized spacial score (nSPS) is 21.9. The minimum atomic E-state index is -3.87. The fraction of sp³-hybridized carbons (Fsp3) is 0.375. The lowest BCUT2D eigenvalue weighted by Crippen LogP contribution is -2.32. The van der Waals surface area contributed by atoms with Crippen LogP contribution in [0.15, 0.2) is 35.4 Å². The van der Waals surface area contributed by atoms with E-state index in [-0.39, 0.29) is 16.7 Å². The second kappa shape index (κ2) is 5.34. The van der Waals surface area contributed by atoms with Crippen molar-refractivity contribution >= 4 is 15.9 Å². The number of aromatic nitrogens is 2. The monoisotopic (exact) mass is 347 g/mol. The number of carbonyl (C=O) groups is 1. The molecule has 2 atom stereocenters. The highest BCUT2D eigenvalue weighted by Crippen LogP contribution is 2.47. The first kappa shape index (κ1) is 15.2. The van der Waals surface area contributed by atoms with E-state index in [2.05, 4.69) is 9.82 Å². The third kappa shape index (κ3) is 2.56. The van der Waals surface area contributed by atoms with Gasteiger partial charge in [0.1, 0.15) is 5.75 Å². The Labute approximate surface area is 139 Å². The number of rotatable bonds is 4. The molecule has 1 aliphatic carbocycles. The molecule has 1 aromatic heterocycles. The number of fused-ring (bicyclic) bond motifs is 1. The molecule has 2 aliphatic rings. The van der Waals surface area contributed by atoms with Crippen LogP contribution in [0.25, 0.3) is 0 Å². The molecule has 1 aliphatic heterocycles. The van der Waals surface area contributed by atoms with Crippen LogP contribution in [0, 0.1) is 5.92 Å². The van der Waals surface area contributed by atoms with E-state index in [1.54, 1.807) is 23.0 Å². The van der Waals surface area contributed by atoms with Crippen molar-refractivity contribution in [3.05, 3.63) is 41.7 Å². The van der Waals surface area contributed by atoms with E-state index < -0.39 is 15.9 Å². The van der Waals surface area contributed by atoms with E-state index in [1.165, 1.54) is 6.07 Å². The first-order valence-electron chi connectivity index (χ1n) is 7.76. The summed E-state index contributed by atoms with van der Waals surface area (Å²) in [6.07, 6.45) is 2.99. The van der Waals surface area contributed by atoms with Crippen molar-refractivity contribution in [2.24, 2.45) is 13.0 Å². The summed E-state index contributed by atoms with van der Waals surface area (Å²) in [6, 6.07) is 6.53. The molecule has 1 fully saturated rings. The SMILES string of the molecule is Cn1nccc1[C@@H]1C[C@H]1C(=O)NS(=O)(=O)c1ccc2c(c1)CCO2. The van der Waals surface area contributed by atoms with Crippen LogP contribution in [0.2, 0.25) is 0 Å². The minimum Gasteiger partial charge on any atom is -0.493 e. The third-order valence-electron chi connectivity index (χ3n) is 4.57. The highest BCUT2D eigenvalue weighted by atomic mass is 32.2. The van der Waals surface area contributed by atoms with Gasteiger partial charge in [-0.25, -0.2) is 13.1 Å². The maximum absolute atomic E-state index is 12.4. The van der Waals surface area contributed by atoms with E-state index in [0.717, 1.165) is 11.3 Å². The number of sulfonamides is 1. The summed E-state index contributed by atoms with van der Waals surface area (Å²) in [6.45, 7) is 0.555. The molecular formula is C16H17N3O4S. The summed E-state index contributed by atoms with van der Waals surface area (Å²) in [7, 11) is -2.05. The molecule has 7 nitrogen and oxygen atoms in total. The molecule has 0 unspecified atom stereocenters. The third-order valence-corrected chi connectivity index (χ3v) is 5.92. The number of benzene rings is 1. The van der Waals surface area contributed by atoms with E-state index in [1.807, 2.05) is 13.1 Å². The summed E-state index contributed by atoms with van der Waals surface area (Å²) in [5.41, 5.74) is 1.80. The molecule has 0 spiro atoms. The van der Waals surface area contributed by atoms with Crippen molar-refractivity contribution in [2.45, 2.75) is 23.7 Å². The van der Waals surface area contributed by atoms with E-state index in [4.69, 9.17) is 4.74 Å². The summed E-state index contributed by atoms with van der Waals surface area (Å²) in [5.74, 6) is -0.0502. The Balaban J connectivity index is 1.49. The fourth-order valence-electron chi connectivity index (χ4n) is 3.16. The number of carbonyl (C=O) groups excluding carboxylic acids is 1. The molecule has 0 bridgehead atoms. The van der Waals surface area contributed by atoms with Gasteiger partial charge >= 0.3 is 0 Å². The Kier molecular flexibility index (Phi) is 3.38. The number of aryl methyl sites for hydroxylation is 1. The zero-order chi connectivity index (χ0) is 16.9. The second-order valence-corrected chi connectivity index (χ2v) is 7.85. The quantitative estimate of drug-likeness (QED) is 0.890. The van der Waals surface area contributed by atoms with Gasteiger partial charge in [-0.15, -0.1) is 0 Å². The lowest BCUT2D eigenvalue weighted by atomic mass is 10.2. The Morgan fingerprint density at radius 3 is 2.96 bits per heavy atom. The first-order valence-corrected chi connectivity index (χ1v) is 9.24. The molecule has 2 aromatic rings. The lowest BCUT2D eigenvalue weighted by molar-refractivity contribution is -0.120. The van der Waals surface area contributed by atoms with Gasteiger partial charge in [-0.1, -0.05) is 0 Å². The van der Waals surface area contributed by atoms with Crippen LogP contribution in [0.5, 0.6) is 5.75 Å². The van der Waals surface area contributed by atoms with Crippen LogP contribution < -0.4 is 9.46 Å². The zero-order valence-corrected chi connectivity index (χ0v) is 13.9. The first-order chi connectivity index (χ1) is 11.5. The number of nitrogens with one attached hydrogen (secondary N) is 1. The van der Waals surface area contributed by atoms with Crippen LogP contribution in [0.1, 0.15) is 23.6 Å². The average molecular weight is 347 g/mol.